The fourth-order valence-electron chi connectivity index (χ4n) is 1.70. The SMILES string of the molecule is CCN(CC)CCNc1cnn(CC)c(=O)c1Br. The molecule has 1 N–H and O–H groups in total. The van der Waals surface area contributed by atoms with Gasteiger partial charge in [0.15, 0.2) is 0 Å². The summed E-state index contributed by atoms with van der Waals surface area (Å²) in [4.78, 5) is 14.2. The summed E-state index contributed by atoms with van der Waals surface area (Å²) in [5.41, 5.74) is 0.669. The standard InChI is InChI=1S/C12H21BrN4O/c1-4-16(5-2)8-7-14-10-9-15-17(6-3)12(18)11(10)13/h9,14H,4-8H2,1-3H3. The zero-order chi connectivity index (χ0) is 13.5. The number of aromatic nitrogens is 2. The van der Waals surface area contributed by atoms with Crippen LogP contribution in [0, 0.1) is 0 Å². The highest BCUT2D eigenvalue weighted by Gasteiger charge is 2.07. The van der Waals surface area contributed by atoms with Crippen molar-refractivity contribution in [3.05, 3.63) is 21.0 Å². The van der Waals surface area contributed by atoms with Gasteiger partial charge < -0.3 is 10.2 Å². The molecule has 0 saturated heterocycles. The van der Waals surface area contributed by atoms with Crippen LogP contribution in [-0.2, 0) is 6.54 Å². The average Bonchev–Trinajstić information content (AvgIpc) is 2.39. The lowest BCUT2D eigenvalue weighted by Gasteiger charge is -2.18. The Bertz CT molecular complexity index is 429. The minimum absolute atomic E-state index is 0.0923. The summed E-state index contributed by atoms with van der Waals surface area (Å²) in [5, 5.41) is 7.33. The summed E-state index contributed by atoms with van der Waals surface area (Å²) >= 11 is 3.32. The van der Waals surface area contributed by atoms with Crippen LogP contribution in [0.25, 0.3) is 0 Å². The summed E-state index contributed by atoms with van der Waals surface area (Å²) in [5.74, 6) is 0. The third-order valence-electron chi connectivity index (χ3n) is 2.92. The van der Waals surface area contributed by atoms with Crippen LogP contribution in [0.3, 0.4) is 0 Å². The highest BCUT2D eigenvalue weighted by atomic mass is 79.9. The Hall–Kier alpha value is -0.880. The van der Waals surface area contributed by atoms with E-state index >= 15 is 0 Å². The Kier molecular flexibility index (Phi) is 6.35. The molecule has 0 aliphatic rings. The van der Waals surface area contributed by atoms with Crippen LogP contribution in [0.5, 0.6) is 0 Å². The van der Waals surface area contributed by atoms with Crippen LogP contribution in [0.1, 0.15) is 20.8 Å². The van der Waals surface area contributed by atoms with Crippen molar-refractivity contribution in [2.24, 2.45) is 0 Å². The number of halogens is 1. The molecule has 0 fully saturated rings. The molecule has 102 valence electrons. The molecule has 1 aromatic rings. The predicted octanol–water partition coefficient (Wildman–Crippen LogP) is 1.78. The largest absolute Gasteiger partial charge is 0.381 e. The second kappa shape index (κ2) is 7.53. The number of nitrogens with one attached hydrogen (secondary N) is 1. The number of anilines is 1. The Balaban J connectivity index is 2.63. The fourth-order valence-corrected chi connectivity index (χ4v) is 2.15. The van der Waals surface area contributed by atoms with Gasteiger partial charge in [0.1, 0.15) is 4.47 Å². The first-order chi connectivity index (χ1) is 8.63. The third kappa shape index (κ3) is 3.81. The Morgan fingerprint density at radius 1 is 1.39 bits per heavy atom. The molecule has 0 bridgehead atoms. The normalized spacial score (nSPS) is 10.9. The average molecular weight is 317 g/mol. The van der Waals surface area contributed by atoms with Crippen molar-refractivity contribution in [2.45, 2.75) is 27.3 Å². The minimum atomic E-state index is -0.0923. The van der Waals surface area contributed by atoms with Crippen LogP contribution < -0.4 is 10.9 Å². The molecule has 0 aliphatic carbocycles. The van der Waals surface area contributed by atoms with E-state index in [0.29, 0.717) is 11.0 Å². The minimum Gasteiger partial charge on any atom is -0.381 e. The van der Waals surface area contributed by atoms with E-state index in [1.807, 2.05) is 6.92 Å². The van der Waals surface area contributed by atoms with Crippen molar-refractivity contribution < 1.29 is 0 Å². The number of hydrogen-bond acceptors (Lipinski definition) is 4. The number of rotatable bonds is 7. The van der Waals surface area contributed by atoms with Gasteiger partial charge in [0.05, 0.1) is 11.9 Å². The number of aryl methyl sites for hydroxylation is 1. The maximum atomic E-state index is 11.8. The number of hydrogen-bond donors (Lipinski definition) is 1. The second-order valence-corrected chi connectivity index (χ2v) is 4.74. The lowest BCUT2D eigenvalue weighted by Crippen LogP contribution is -2.29. The van der Waals surface area contributed by atoms with Gasteiger partial charge in [-0.15, -0.1) is 0 Å². The van der Waals surface area contributed by atoms with Crippen molar-refractivity contribution >= 4 is 21.6 Å². The van der Waals surface area contributed by atoms with Gasteiger partial charge in [-0.2, -0.15) is 5.10 Å². The van der Waals surface area contributed by atoms with Gasteiger partial charge in [0.2, 0.25) is 0 Å². The van der Waals surface area contributed by atoms with E-state index in [1.165, 1.54) is 4.68 Å². The number of nitrogens with zero attached hydrogens (tertiary/aromatic N) is 3. The highest BCUT2D eigenvalue weighted by Crippen LogP contribution is 2.15. The molecule has 5 nitrogen and oxygen atoms in total. The van der Waals surface area contributed by atoms with Crippen molar-refractivity contribution in [3.8, 4) is 0 Å². The second-order valence-electron chi connectivity index (χ2n) is 3.95. The zero-order valence-electron chi connectivity index (χ0n) is 11.2. The van der Waals surface area contributed by atoms with Crippen LogP contribution >= 0.6 is 15.9 Å². The molecule has 1 rings (SSSR count). The highest BCUT2D eigenvalue weighted by molar-refractivity contribution is 9.10. The molecule has 0 radical (unpaired) electrons. The smallest absolute Gasteiger partial charge is 0.283 e. The third-order valence-corrected chi connectivity index (χ3v) is 3.69. The van der Waals surface area contributed by atoms with Gasteiger partial charge in [-0.1, -0.05) is 13.8 Å². The molecule has 1 aromatic heterocycles. The summed E-state index contributed by atoms with van der Waals surface area (Å²) in [6, 6.07) is 0. The summed E-state index contributed by atoms with van der Waals surface area (Å²) in [6.07, 6.45) is 1.69. The maximum absolute atomic E-state index is 11.8. The zero-order valence-corrected chi connectivity index (χ0v) is 12.8. The molecule has 6 heteroatoms. The predicted molar refractivity (Wildman–Crippen MR) is 78.1 cm³/mol. The van der Waals surface area contributed by atoms with E-state index in [2.05, 4.69) is 45.1 Å². The topological polar surface area (TPSA) is 50.2 Å². The fraction of sp³-hybridized carbons (Fsp3) is 0.667. The van der Waals surface area contributed by atoms with E-state index in [0.717, 1.165) is 31.9 Å². The van der Waals surface area contributed by atoms with Gasteiger partial charge >= 0.3 is 0 Å². The Labute approximate surface area is 116 Å². The molecule has 0 aromatic carbocycles. The molecule has 0 spiro atoms. The molecule has 0 atom stereocenters. The molecular weight excluding hydrogens is 296 g/mol. The van der Waals surface area contributed by atoms with Crippen molar-refractivity contribution in [1.29, 1.82) is 0 Å². The van der Waals surface area contributed by atoms with E-state index in [4.69, 9.17) is 0 Å². The van der Waals surface area contributed by atoms with E-state index in [1.54, 1.807) is 6.20 Å². The molecule has 0 aliphatic heterocycles. The first-order valence-electron chi connectivity index (χ1n) is 6.35. The summed E-state index contributed by atoms with van der Waals surface area (Å²) in [6.45, 7) is 10.6. The van der Waals surface area contributed by atoms with E-state index in [-0.39, 0.29) is 5.56 Å². The Morgan fingerprint density at radius 2 is 2.06 bits per heavy atom. The monoisotopic (exact) mass is 316 g/mol. The summed E-state index contributed by atoms with van der Waals surface area (Å²) < 4.78 is 1.98. The van der Waals surface area contributed by atoms with Crippen LogP contribution in [0.15, 0.2) is 15.5 Å². The van der Waals surface area contributed by atoms with Crippen molar-refractivity contribution in [1.82, 2.24) is 14.7 Å². The molecule has 0 amide bonds. The summed E-state index contributed by atoms with van der Waals surface area (Å²) in [7, 11) is 0. The van der Waals surface area contributed by atoms with Crippen molar-refractivity contribution in [3.63, 3.8) is 0 Å². The van der Waals surface area contributed by atoms with Gasteiger partial charge in [0.25, 0.3) is 5.56 Å². The first-order valence-corrected chi connectivity index (χ1v) is 7.15. The molecular formula is C12H21BrN4O. The van der Waals surface area contributed by atoms with Gasteiger partial charge in [0, 0.05) is 19.6 Å². The van der Waals surface area contributed by atoms with E-state index < -0.39 is 0 Å². The quantitative estimate of drug-likeness (QED) is 0.833. The number of likely N-dealkylation sites (N-methyl/N-ethyl adjacent to an activating group) is 1. The maximum Gasteiger partial charge on any atom is 0.283 e. The van der Waals surface area contributed by atoms with Crippen LogP contribution in [0.2, 0.25) is 0 Å². The molecule has 18 heavy (non-hydrogen) atoms. The molecule has 0 unspecified atom stereocenters. The lowest BCUT2D eigenvalue weighted by atomic mass is 10.4. The van der Waals surface area contributed by atoms with Crippen LogP contribution in [-0.4, -0.2) is 40.9 Å². The lowest BCUT2D eigenvalue weighted by molar-refractivity contribution is 0.316. The molecule has 1 heterocycles. The van der Waals surface area contributed by atoms with Gasteiger partial charge in [-0.3, -0.25) is 4.79 Å². The van der Waals surface area contributed by atoms with Gasteiger partial charge in [-0.25, -0.2) is 4.68 Å². The first kappa shape index (κ1) is 15.2. The van der Waals surface area contributed by atoms with E-state index in [9.17, 15) is 4.79 Å². The van der Waals surface area contributed by atoms with Crippen LogP contribution in [0.4, 0.5) is 5.69 Å². The molecule has 0 saturated carbocycles. The van der Waals surface area contributed by atoms with Gasteiger partial charge in [-0.05, 0) is 35.9 Å². The Morgan fingerprint density at radius 3 is 2.61 bits per heavy atom. The van der Waals surface area contributed by atoms with Crippen molar-refractivity contribution in [2.75, 3.05) is 31.5 Å².